The van der Waals surface area contributed by atoms with Gasteiger partial charge in [0.05, 0.1) is 17.5 Å². The van der Waals surface area contributed by atoms with Crippen LogP contribution in [-0.4, -0.2) is 22.6 Å². The molecule has 0 spiro atoms. The number of nitro benzene ring substituents is 1. The van der Waals surface area contributed by atoms with Crippen LogP contribution >= 0.6 is 0 Å². The molecule has 3 aromatic rings. The molecule has 0 saturated heterocycles. The number of hydrogen-bond acceptors (Lipinski definition) is 5. The average Bonchev–Trinajstić information content (AvgIpc) is 2.62. The van der Waals surface area contributed by atoms with E-state index in [-0.39, 0.29) is 11.3 Å². The van der Waals surface area contributed by atoms with Crippen LogP contribution in [-0.2, 0) is 4.74 Å². The Labute approximate surface area is 135 Å². The third kappa shape index (κ3) is 2.52. The lowest BCUT2D eigenvalue weighted by Gasteiger charge is -2.12. The van der Waals surface area contributed by atoms with Crippen LogP contribution < -0.4 is 5.43 Å². The summed E-state index contributed by atoms with van der Waals surface area (Å²) >= 11 is 0. The van der Waals surface area contributed by atoms with Crippen LogP contribution in [0.25, 0.3) is 16.6 Å². The molecule has 0 unspecified atom stereocenters. The molecule has 1 heterocycles. The van der Waals surface area contributed by atoms with Crippen molar-refractivity contribution < 1.29 is 14.5 Å². The summed E-state index contributed by atoms with van der Waals surface area (Å²) in [6, 6.07) is 12.6. The van der Waals surface area contributed by atoms with Gasteiger partial charge in [-0.05, 0) is 24.3 Å². The van der Waals surface area contributed by atoms with Gasteiger partial charge in [0.2, 0.25) is 5.43 Å². The standard InChI is InChI=1S/C17H12N2O5/c1-24-17(21)14-10-18(11-6-8-12(9-7-11)19(22)23)15-5-3-2-4-13(15)16(14)20/h2-10H,1H3. The summed E-state index contributed by atoms with van der Waals surface area (Å²) < 4.78 is 6.30. The van der Waals surface area contributed by atoms with Gasteiger partial charge in [-0.15, -0.1) is 0 Å². The second kappa shape index (κ2) is 5.96. The summed E-state index contributed by atoms with van der Waals surface area (Å²) in [5.74, 6) is -0.735. The molecule has 7 nitrogen and oxygen atoms in total. The van der Waals surface area contributed by atoms with Crippen molar-refractivity contribution in [1.82, 2.24) is 4.57 Å². The molecule has 0 saturated carbocycles. The van der Waals surface area contributed by atoms with Gasteiger partial charge in [-0.1, -0.05) is 12.1 Å². The number of pyridine rings is 1. The fourth-order valence-electron chi connectivity index (χ4n) is 2.48. The van der Waals surface area contributed by atoms with E-state index in [0.29, 0.717) is 16.6 Å². The molecule has 3 rings (SSSR count). The predicted octanol–water partition coefficient (Wildman–Crippen LogP) is 2.69. The summed E-state index contributed by atoms with van der Waals surface area (Å²) in [5, 5.41) is 11.1. The first-order chi connectivity index (χ1) is 11.5. The van der Waals surface area contributed by atoms with E-state index in [1.54, 1.807) is 41.0 Å². The topological polar surface area (TPSA) is 91.4 Å². The Morgan fingerprint density at radius 2 is 1.79 bits per heavy atom. The van der Waals surface area contributed by atoms with E-state index < -0.39 is 16.3 Å². The van der Waals surface area contributed by atoms with Gasteiger partial charge in [-0.25, -0.2) is 4.79 Å². The minimum Gasteiger partial charge on any atom is -0.465 e. The third-order valence-corrected chi connectivity index (χ3v) is 3.66. The van der Waals surface area contributed by atoms with Gasteiger partial charge in [0, 0.05) is 29.4 Å². The van der Waals surface area contributed by atoms with Crippen LogP contribution in [0.15, 0.2) is 59.5 Å². The summed E-state index contributed by atoms with van der Waals surface area (Å²) in [6.45, 7) is 0. The van der Waals surface area contributed by atoms with Crippen LogP contribution in [0.4, 0.5) is 5.69 Å². The third-order valence-electron chi connectivity index (χ3n) is 3.66. The van der Waals surface area contributed by atoms with E-state index in [9.17, 15) is 19.7 Å². The highest BCUT2D eigenvalue weighted by atomic mass is 16.6. The van der Waals surface area contributed by atoms with Gasteiger partial charge in [0.1, 0.15) is 5.56 Å². The number of rotatable bonds is 3. The van der Waals surface area contributed by atoms with Crippen molar-refractivity contribution in [2.45, 2.75) is 0 Å². The Kier molecular flexibility index (Phi) is 3.83. The van der Waals surface area contributed by atoms with Crippen LogP contribution in [0.2, 0.25) is 0 Å². The van der Waals surface area contributed by atoms with Crippen molar-refractivity contribution >= 4 is 22.6 Å². The number of esters is 1. The Morgan fingerprint density at radius 3 is 2.42 bits per heavy atom. The number of ether oxygens (including phenoxy) is 1. The molecule has 0 aliphatic rings. The van der Waals surface area contributed by atoms with Crippen LogP contribution in [0.1, 0.15) is 10.4 Å². The number of para-hydroxylation sites is 1. The van der Waals surface area contributed by atoms with E-state index in [1.807, 2.05) is 0 Å². The molecule has 0 radical (unpaired) electrons. The Balaban J connectivity index is 2.30. The molecule has 0 bridgehead atoms. The molecule has 0 amide bonds. The molecular formula is C17H12N2O5. The van der Waals surface area contributed by atoms with E-state index in [4.69, 9.17) is 0 Å². The lowest BCUT2D eigenvalue weighted by atomic mass is 10.1. The Bertz CT molecular complexity index is 1010. The number of nitro groups is 1. The number of non-ortho nitro benzene ring substituents is 1. The lowest BCUT2D eigenvalue weighted by molar-refractivity contribution is -0.384. The van der Waals surface area contributed by atoms with E-state index in [2.05, 4.69) is 4.74 Å². The minimum absolute atomic E-state index is 0.0442. The van der Waals surface area contributed by atoms with Crippen molar-refractivity contribution in [2.75, 3.05) is 7.11 Å². The average molecular weight is 324 g/mol. The number of benzene rings is 2. The number of hydrogen-bond donors (Lipinski definition) is 0. The van der Waals surface area contributed by atoms with E-state index in [1.165, 1.54) is 25.4 Å². The van der Waals surface area contributed by atoms with E-state index in [0.717, 1.165) is 0 Å². The highest BCUT2D eigenvalue weighted by molar-refractivity contribution is 5.94. The summed E-state index contributed by atoms with van der Waals surface area (Å²) in [5.41, 5.74) is 0.605. The maximum Gasteiger partial charge on any atom is 0.343 e. The summed E-state index contributed by atoms with van der Waals surface area (Å²) in [6.07, 6.45) is 1.39. The molecule has 2 aromatic carbocycles. The molecule has 0 aliphatic heterocycles. The van der Waals surface area contributed by atoms with Gasteiger partial charge in [0.25, 0.3) is 5.69 Å². The smallest absolute Gasteiger partial charge is 0.343 e. The van der Waals surface area contributed by atoms with Crippen molar-refractivity contribution in [1.29, 1.82) is 0 Å². The van der Waals surface area contributed by atoms with Gasteiger partial charge in [-0.2, -0.15) is 0 Å². The van der Waals surface area contributed by atoms with Gasteiger partial charge in [-0.3, -0.25) is 14.9 Å². The second-order valence-corrected chi connectivity index (χ2v) is 5.02. The number of carbonyl (C=O) groups excluding carboxylic acids is 1. The largest absolute Gasteiger partial charge is 0.465 e. The summed E-state index contributed by atoms with van der Waals surface area (Å²) in [4.78, 5) is 34.6. The van der Waals surface area contributed by atoms with Crippen LogP contribution in [0.5, 0.6) is 0 Å². The predicted molar refractivity (Wildman–Crippen MR) is 87.5 cm³/mol. The zero-order chi connectivity index (χ0) is 17.3. The van der Waals surface area contributed by atoms with Gasteiger partial charge >= 0.3 is 5.97 Å². The monoisotopic (exact) mass is 324 g/mol. The molecule has 0 aliphatic carbocycles. The molecule has 0 fully saturated rings. The highest BCUT2D eigenvalue weighted by Gasteiger charge is 2.16. The first-order valence-corrected chi connectivity index (χ1v) is 7.00. The molecule has 120 valence electrons. The minimum atomic E-state index is -0.735. The van der Waals surface area contributed by atoms with Crippen molar-refractivity contribution in [3.05, 3.63) is 80.6 Å². The Hall–Kier alpha value is -3.48. The van der Waals surface area contributed by atoms with Crippen molar-refractivity contribution in [2.24, 2.45) is 0 Å². The molecule has 7 heteroatoms. The highest BCUT2D eigenvalue weighted by Crippen LogP contribution is 2.20. The Morgan fingerprint density at radius 1 is 1.12 bits per heavy atom. The first-order valence-electron chi connectivity index (χ1n) is 7.00. The van der Waals surface area contributed by atoms with Gasteiger partial charge < -0.3 is 9.30 Å². The maximum absolute atomic E-state index is 12.5. The number of methoxy groups -OCH3 is 1. The van der Waals surface area contributed by atoms with Crippen LogP contribution in [0.3, 0.4) is 0 Å². The number of nitrogens with zero attached hydrogens (tertiary/aromatic N) is 2. The number of carbonyl (C=O) groups is 1. The molecular weight excluding hydrogens is 312 g/mol. The molecule has 1 aromatic heterocycles. The maximum atomic E-state index is 12.5. The molecule has 0 N–H and O–H groups in total. The molecule has 0 atom stereocenters. The quantitative estimate of drug-likeness (QED) is 0.419. The number of aromatic nitrogens is 1. The normalized spacial score (nSPS) is 10.5. The zero-order valence-electron chi connectivity index (χ0n) is 12.6. The van der Waals surface area contributed by atoms with Crippen molar-refractivity contribution in [3.8, 4) is 5.69 Å². The zero-order valence-corrected chi connectivity index (χ0v) is 12.6. The second-order valence-electron chi connectivity index (χ2n) is 5.02. The SMILES string of the molecule is COC(=O)c1cn(-c2ccc([N+](=O)[O-])cc2)c2ccccc2c1=O. The fourth-order valence-corrected chi connectivity index (χ4v) is 2.48. The van der Waals surface area contributed by atoms with Crippen LogP contribution in [0, 0.1) is 10.1 Å². The van der Waals surface area contributed by atoms with Crippen molar-refractivity contribution in [3.63, 3.8) is 0 Å². The fraction of sp³-hybridized carbons (Fsp3) is 0.0588. The van der Waals surface area contributed by atoms with Gasteiger partial charge in [0.15, 0.2) is 0 Å². The number of fused-ring (bicyclic) bond motifs is 1. The first kappa shape index (κ1) is 15.4. The summed E-state index contributed by atoms with van der Waals surface area (Å²) in [7, 11) is 1.20. The van der Waals surface area contributed by atoms with E-state index >= 15 is 0 Å². The molecule has 24 heavy (non-hydrogen) atoms. The lowest BCUT2D eigenvalue weighted by Crippen LogP contribution is -2.19.